The first kappa shape index (κ1) is 17.6. The molecule has 0 radical (unpaired) electrons. The van der Waals surface area contributed by atoms with Gasteiger partial charge < -0.3 is 9.64 Å². The highest BCUT2D eigenvalue weighted by atomic mass is 32.1. The van der Waals surface area contributed by atoms with Gasteiger partial charge in [0.1, 0.15) is 5.75 Å². The van der Waals surface area contributed by atoms with Crippen molar-refractivity contribution in [1.82, 2.24) is 20.1 Å². The number of nitrogens with one attached hydrogen (secondary N) is 1. The van der Waals surface area contributed by atoms with Crippen LogP contribution >= 0.6 is 11.3 Å². The smallest absolute Gasteiger partial charge is 0.264 e. The first-order valence-electron chi connectivity index (χ1n) is 9.88. The molecule has 3 aromatic rings. The molecule has 2 aliphatic rings. The van der Waals surface area contributed by atoms with Crippen molar-refractivity contribution >= 4 is 26.7 Å². The van der Waals surface area contributed by atoms with Crippen molar-refractivity contribution < 1.29 is 4.74 Å². The molecule has 7 nitrogen and oxygen atoms in total. The first-order valence-corrected chi connectivity index (χ1v) is 10.7. The van der Waals surface area contributed by atoms with E-state index in [0.717, 1.165) is 28.4 Å². The zero-order chi connectivity index (χ0) is 18.9. The number of anilines is 1. The highest BCUT2D eigenvalue weighted by Crippen LogP contribution is 2.34. The molecule has 2 aliphatic heterocycles. The highest BCUT2D eigenvalue weighted by Gasteiger charge is 2.29. The third-order valence-corrected chi connectivity index (χ3v) is 6.64. The number of benzene rings is 1. The number of aromatic nitrogens is 3. The van der Waals surface area contributed by atoms with Gasteiger partial charge in [0, 0.05) is 37.3 Å². The summed E-state index contributed by atoms with van der Waals surface area (Å²) in [6.07, 6.45) is 5.28. The average Bonchev–Trinajstić information content (AvgIpc) is 3.37. The van der Waals surface area contributed by atoms with Crippen LogP contribution in [0, 0.1) is 0 Å². The number of aromatic amines is 1. The largest absolute Gasteiger partial charge is 0.438 e. The molecule has 0 amide bonds. The lowest BCUT2D eigenvalue weighted by atomic mass is 10.1. The number of rotatable bonds is 4. The summed E-state index contributed by atoms with van der Waals surface area (Å²) in [5.74, 6) is 1.06. The fourth-order valence-corrected chi connectivity index (χ4v) is 5.13. The zero-order valence-electron chi connectivity index (χ0n) is 15.6. The van der Waals surface area contributed by atoms with Gasteiger partial charge in [0.2, 0.25) is 5.88 Å². The lowest BCUT2D eigenvalue weighted by Gasteiger charge is -2.32. The van der Waals surface area contributed by atoms with Crippen molar-refractivity contribution in [2.75, 3.05) is 31.1 Å². The van der Waals surface area contributed by atoms with E-state index in [1.54, 1.807) is 17.4 Å². The third-order valence-electron chi connectivity index (χ3n) is 5.57. The van der Waals surface area contributed by atoms with Crippen LogP contribution in [0.15, 0.2) is 35.1 Å². The molecule has 28 heavy (non-hydrogen) atoms. The van der Waals surface area contributed by atoms with E-state index in [9.17, 15) is 4.79 Å². The summed E-state index contributed by atoms with van der Waals surface area (Å²) < 4.78 is 6.85. The second kappa shape index (κ2) is 7.52. The Hall–Kier alpha value is -2.45. The number of H-pyrrole nitrogens is 1. The van der Waals surface area contributed by atoms with E-state index < -0.39 is 0 Å². The zero-order valence-corrected chi connectivity index (χ0v) is 16.5. The molecule has 2 fully saturated rings. The number of fused-ring (bicyclic) bond motifs is 1. The summed E-state index contributed by atoms with van der Waals surface area (Å²) in [5.41, 5.74) is 0.742. The summed E-state index contributed by atoms with van der Waals surface area (Å²) in [7, 11) is 0. The van der Waals surface area contributed by atoms with Crippen LogP contribution in [-0.4, -0.2) is 52.3 Å². The number of likely N-dealkylation sites (tertiary alicyclic amines) is 1. The predicted molar refractivity (Wildman–Crippen MR) is 111 cm³/mol. The molecule has 0 bridgehead atoms. The van der Waals surface area contributed by atoms with E-state index in [2.05, 4.69) is 20.0 Å². The molecule has 2 saturated heterocycles. The molecule has 1 N–H and O–H groups in total. The third kappa shape index (κ3) is 3.62. The van der Waals surface area contributed by atoms with Gasteiger partial charge in [-0.1, -0.05) is 17.8 Å². The number of hydrogen-bond donors (Lipinski definition) is 1. The van der Waals surface area contributed by atoms with E-state index in [1.807, 2.05) is 18.2 Å². The van der Waals surface area contributed by atoms with Crippen molar-refractivity contribution in [2.45, 2.75) is 31.7 Å². The molecule has 2 aromatic heterocycles. The lowest BCUT2D eigenvalue weighted by molar-refractivity contribution is 0.175. The number of ether oxygens (including phenoxy) is 1. The number of thiazole rings is 1. The van der Waals surface area contributed by atoms with Gasteiger partial charge in [0.15, 0.2) is 5.13 Å². The molecule has 8 heteroatoms. The van der Waals surface area contributed by atoms with E-state index in [1.165, 1.54) is 44.8 Å². The number of hydrogen-bond acceptors (Lipinski definition) is 7. The van der Waals surface area contributed by atoms with Crippen LogP contribution in [0.2, 0.25) is 0 Å². The molecular weight excluding hydrogens is 374 g/mol. The molecule has 0 saturated carbocycles. The topological polar surface area (TPSA) is 74.3 Å². The summed E-state index contributed by atoms with van der Waals surface area (Å²) >= 11 is 1.71. The molecule has 1 atom stereocenters. The molecule has 0 spiro atoms. The molecule has 0 aliphatic carbocycles. The SMILES string of the molecule is O=c1ccc(Oc2ccc3nc(N4CCC(N5CCCCC5)C4)sc3c2)n[nH]1. The lowest BCUT2D eigenvalue weighted by Crippen LogP contribution is -2.40. The predicted octanol–water partition coefficient (Wildman–Crippen LogP) is 3.24. The fraction of sp³-hybridized carbons (Fsp3) is 0.450. The first-order chi connectivity index (χ1) is 13.7. The minimum atomic E-state index is -0.247. The Labute approximate surface area is 167 Å². The van der Waals surface area contributed by atoms with Crippen LogP contribution in [0.3, 0.4) is 0 Å². The Balaban J connectivity index is 1.31. The van der Waals surface area contributed by atoms with Crippen molar-refractivity contribution in [1.29, 1.82) is 0 Å². The van der Waals surface area contributed by atoms with Crippen molar-refractivity contribution in [3.63, 3.8) is 0 Å². The molecule has 1 aromatic carbocycles. The van der Waals surface area contributed by atoms with Crippen molar-refractivity contribution in [3.05, 3.63) is 40.7 Å². The summed E-state index contributed by atoms with van der Waals surface area (Å²) in [4.78, 5) is 21.0. The van der Waals surface area contributed by atoms with Gasteiger partial charge in [-0.2, -0.15) is 0 Å². The van der Waals surface area contributed by atoms with Crippen LogP contribution < -0.4 is 15.2 Å². The van der Waals surface area contributed by atoms with Crippen molar-refractivity contribution in [3.8, 4) is 11.6 Å². The minimum Gasteiger partial charge on any atom is -0.438 e. The number of nitrogens with zero attached hydrogens (tertiary/aromatic N) is 4. The van der Waals surface area contributed by atoms with Gasteiger partial charge in [-0.3, -0.25) is 9.69 Å². The van der Waals surface area contributed by atoms with Gasteiger partial charge in [-0.15, -0.1) is 5.10 Å². The summed E-state index contributed by atoms with van der Waals surface area (Å²) in [5, 5.41) is 7.36. The van der Waals surface area contributed by atoms with E-state index >= 15 is 0 Å². The van der Waals surface area contributed by atoms with Gasteiger partial charge in [0.25, 0.3) is 5.56 Å². The Morgan fingerprint density at radius 1 is 1.11 bits per heavy atom. The van der Waals surface area contributed by atoms with Crippen LogP contribution in [0.1, 0.15) is 25.7 Å². The summed E-state index contributed by atoms with van der Waals surface area (Å²) in [6.45, 7) is 4.64. The Morgan fingerprint density at radius 2 is 2.00 bits per heavy atom. The van der Waals surface area contributed by atoms with Gasteiger partial charge >= 0.3 is 0 Å². The van der Waals surface area contributed by atoms with Crippen LogP contribution in [0.25, 0.3) is 10.2 Å². The monoisotopic (exact) mass is 397 g/mol. The van der Waals surface area contributed by atoms with E-state index in [0.29, 0.717) is 17.7 Å². The Bertz CT molecular complexity index is 1010. The highest BCUT2D eigenvalue weighted by molar-refractivity contribution is 7.22. The molecule has 146 valence electrons. The van der Waals surface area contributed by atoms with E-state index in [4.69, 9.17) is 9.72 Å². The van der Waals surface area contributed by atoms with Gasteiger partial charge in [-0.25, -0.2) is 10.1 Å². The molecule has 4 heterocycles. The Morgan fingerprint density at radius 3 is 2.82 bits per heavy atom. The van der Waals surface area contributed by atoms with Gasteiger partial charge in [0.05, 0.1) is 10.2 Å². The maximum absolute atomic E-state index is 11.1. The minimum absolute atomic E-state index is 0.247. The normalized spacial score (nSPS) is 20.7. The standard InChI is InChI=1S/C20H23N5O2S/c26-18-6-7-19(23-22-18)27-15-4-5-16-17(12-15)28-20(21-16)25-11-8-14(13-25)24-9-2-1-3-10-24/h4-7,12,14H,1-3,8-11,13H2,(H,22,26). The number of piperidine rings is 1. The van der Waals surface area contributed by atoms with Crippen LogP contribution in [0.5, 0.6) is 11.6 Å². The molecule has 1 unspecified atom stereocenters. The molecular formula is C20H23N5O2S. The maximum Gasteiger partial charge on any atom is 0.264 e. The quantitative estimate of drug-likeness (QED) is 0.729. The van der Waals surface area contributed by atoms with Crippen LogP contribution in [0.4, 0.5) is 5.13 Å². The molecule has 5 rings (SSSR count). The van der Waals surface area contributed by atoms with Crippen LogP contribution in [-0.2, 0) is 0 Å². The van der Waals surface area contributed by atoms with Gasteiger partial charge in [-0.05, 0) is 44.5 Å². The Kier molecular flexibility index (Phi) is 4.74. The average molecular weight is 398 g/mol. The maximum atomic E-state index is 11.1. The second-order valence-electron chi connectivity index (χ2n) is 7.47. The van der Waals surface area contributed by atoms with E-state index in [-0.39, 0.29) is 5.56 Å². The van der Waals surface area contributed by atoms with Crippen molar-refractivity contribution in [2.24, 2.45) is 0 Å². The second-order valence-corrected chi connectivity index (χ2v) is 8.48. The fourth-order valence-electron chi connectivity index (χ4n) is 4.10. The summed E-state index contributed by atoms with van der Waals surface area (Å²) in [6, 6.07) is 9.48.